The van der Waals surface area contributed by atoms with Gasteiger partial charge in [-0.15, -0.1) is 12.6 Å². The number of rotatable bonds is 1. The van der Waals surface area contributed by atoms with E-state index < -0.39 is 0 Å². The van der Waals surface area contributed by atoms with Gasteiger partial charge in [0.05, 0.1) is 6.04 Å². The summed E-state index contributed by atoms with van der Waals surface area (Å²) in [7, 11) is 0. The van der Waals surface area contributed by atoms with Crippen LogP contribution < -0.4 is 5.73 Å². The van der Waals surface area contributed by atoms with Crippen molar-refractivity contribution in [3.05, 3.63) is 46.7 Å². The first-order valence-electron chi connectivity index (χ1n) is 5.12. The predicted molar refractivity (Wildman–Crippen MR) is 67.5 cm³/mol. The maximum atomic E-state index is 11.4. The van der Waals surface area contributed by atoms with E-state index in [2.05, 4.69) is 12.6 Å². The molecule has 1 heterocycles. The Balaban J connectivity index is 2.25. The molecule has 1 unspecified atom stereocenters. The van der Waals surface area contributed by atoms with Gasteiger partial charge in [-0.3, -0.25) is 4.79 Å². The lowest BCUT2D eigenvalue weighted by atomic mass is 9.94. The van der Waals surface area contributed by atoms with Gasteiger partial charge in [-0.25, -0.2) is 0 Å². The minimum atomic E-state index is 0.0687. The number of hydrogen-bond acceptors (Lipinski definition) is 3. The third-order valence-electron chi connectivity index (χ3n) is 2.87. The van der Waals surface area contributed by atoms with Crippen molar-refractivity contribution in [2.24, 2.45) is 5.73 Å². The molecule has 0 radical (unpaired) electrons. The van der Waals surface area contributed by atoms with E-state index in [1.807, 2.05) is 24.4 Å². The van der Waals surface area contributed by atoms with Gasteiger partial charge < -0.3 is 10.6 Å². The number of hydrogen-bond donors (Lipinski definition) is 2. The third-order valence-corrected chi connectivity index (χ3v) is 3.15. The van der Waals surface area contributed by atoms with Crippen molar-refractivity contribution in [3.8, 4) is 0 Å². The Hall–Kier alpha value is -1.42. The summed E-state index contributed by atoms with van der Waals surface area (Å²) in [6.07, 6.45) is 8.64. The summed E-state index contributed by atoms with van der Waals surface area (Å²) in [5.41, 5.74) is 8.56. The number of fused-ring (bicyclic) bond motifs is 1. The first-order valence-corrected chi connectivity index (χ1v) is 5.64. The second kappa shape index (κ2) is 4.22. The molecule has 1 atom stereocenters. The van der Waals surface area contributed by atoms with Gasteiger partial charge in [-0.2, -0.15) is 0 Å². The van der Waals surface area contributed by atoms with E-state index >= 15 is 0 Å². The van der Waals surface area contributed by atoms with Crippen LogP contribution in [0.3, 0.4) is 0 Å². The van der Waals surface area contributed by atoms with Crippen LogP contribution in [0.25, 0.3) is 0 Å². The number of nitrogens with zero attached hydrogens (tertiary/aromatic N) is 1. The molecule has 0 aromatic carbocycles. The molecule has 0 spiro atoms. The number of nitrogens with two attached hydrogens (primary N) is 1. The van der Waals surface area contributed by atoms with E-state index in [9.17, 15) is 4.79 Å². The fraction of sp³-hybridized carbons (Fsp3) is 0.250. The number of amides is 1. The Labute approximate surface area is 100 Å². The molecule has 0 saturated carbocycles. The maximum absolute atomic E-state index is 11.4. The molecule has 0 saturated heterocycles. The normalized spacial score (nSPS) is 24.0. The monoisotopic (exact) mass is 234 g/mol. The number of carbonyl (C=O) groups is 1. The van der Waals surface area contributed by atoms with E-state index in [0.717, 1.165) is 17.6 Å². The zero-order valence-electron chi connectivity index (χ0n) is 9.05. The fourth-order valence-electron chi connectivity index (χ4n) is 2.01. The average molecular weight is 234 g/mol. The standard InChI is InChI=1S/C12H14N2OS/c1-8(15)14-5-4-10-6-9(11(13)7-16)2-3-12(10)14/h2,4-7,12,16H,3,13H2,1H3/b11-7-. The van der Waals surface area contributed by atoms with Crippen molar-refractivity contribution in [1.82, 2.24) is 4.90 Å². The summed E-state index contributed by atoms with van der Waals surface area (Å²) < 4.78 is 0. The number of thiol groups is 1. The van der Waals surface area contributed by atoms with Crippen molar-refractivity contribution < 1.29 is 4.79 Å². The summed E-state index contributed by atoms with van der Waals surface area (Å²) in [6.45, 7) is 1.58. The van der Waals surface area contributed by atoms with Crippen molar-refractivity contribution >= 4 is 18.5 Å². The Bertz CT molecular complexity index is 446. The lowest BCUT2D eigenvalue weighted by Crippen LogP contribution is -2.32. The molecule has 16 heavy (non-hydrogen) atoms. The van der Waals surface area contributed by atoms with Gasteiger partial charge in [0.2, 0.25) is 5.91 Å². The zero-order valence-corrected chi connectivity index (χ0v) is 9.95. The van der Waals surface area contributed by atoms with E-state index in [-0.39, 0.29) is 11.9 Å². The Kier molecular flexibility index (Phi) is 2.92. The van der Waals surface area contributed by atoms with Crippen LogP contribution in [0.4, 0.5) is 0 Å². The third kappa shape index (κ3) is 1.80. The maximum Gasteiger partial charge on any atom is 0.223 e. The highest BCUT2D eigenvalue weighted by Crippen LogP contribution is 2.30. The van der Waals surface area contributed by atoms with Crippen LogP contribution in [0.1, 0.15) is 13.3 Å². The average Bonchev–Trinajstić information content (AvgIpc) is 2.70. The second-order valence-electron chi connectivity index (χ2n) is 3.88. The van der Waals surface area contributed by atoms with E-state index in [4.69, 9.17) is 5.73 Å². The van der Waals surface area contributed by atoms with Crippen molar-refractivity contribution in [2.75, 3.05) is 0 Å². The molecule has 0 aromatic heterocycles. The SMILES string of the molecule is CC(=O)N1C=CC2=CC(/C(N)=C/S)=CCC21. The number of allylic oxidation sites excluding steroid dienone is 1. The molecular weight excluding hydrogens is 220 g/mol. The molecular formula is C12H14N2OS. The summed E-state index contributed by atoms with van der Waals surface area (Å²) in [5, 5.41) is 1.59. The van der Waals surface area contributed by atoms with Gasteiger partial charge in [0.15, 0.2) is 0 Å². The van der Waals surface area contributed by atoms with Crippen molar-refractivity contribution in [2.45, 2.75) is 19.4 Å². The Morgan fingerprint density at radius 1 is 1.69 bits per heavy atom. The van der Waals surface area contributed by atoms with Crippen LogP contribution in [0.15, 0.2) is 46.7 Å². The molecule has 84 valence electrons. The zero-order chi connectivity index (χ0) is 11.7. The lowest BCUT2D eigenvalue weighted by molar-refractivity contribution is -0.127. The largest absolute Gasteiger partial charge is 0.398 e. The highest BCUT2D eigenvalue weighted by Gasteiger charge is 2.28. The number of carbonyl (C=O) groups excluding carboxylic acids is 1. The van der Waals surface area contributed by atoms with Crippen LogP contribution in [0, 0.1) is 0 Å². The second-order valence-corrected chi connectivity index (χ2v) is 4.14. The molecule has 1 aliphatic heterocycles. The van der Waals surface area contributed by atoms with Gasteiger partial charge in [-0.1, -0.05) is 6.08 Å². The Morgan fingerprint density at radius 2 is 2.44 bits per heavy atom. The molecule has 0 bridgehead atoms. The van der Waals surface area contributed by atoms with Crippen molar-refractivity contribution in [3.63, 3.8) is 0 Å². The molecule has 0 fully saturated rings. The summed E-state index contributed by atoms with van der Waals surface area (Å²) in [5.74, 6) is 0.0687. The highest BCUT2D eigenvalue weighted by molar-refractivity contribution is 7.83. The molecule has 1 amide bonds. The quantitative estimate of drug-likeness (QED) is 0.679. The molecule has 1 aliphatic carbocycles. The Morgan fingerprint density at radius 3 is 3.06 bits per heavy atom. The lowest BCUT2D eigenvalue weighted by Gasteiger charge is -2.25. The minimum absolute atomic E-state index is 0.0687. The molecule has 0 aromatic rings. The van der Waals surface area contributed by atoms with Gasteiger partial charge in [0, 0.05) is 18.8 Å². The fourth-order valence-corrected chi connectivity index (χ4v) is 2.16. The van der Waals surface area contributed by atoms with Crippen LogP contribution in [0.2, 0.25) is 0 Å². The van der Waals surface area contributed by atoms with Crippen LogP contribution in [0.5, 0.6) is 0 Å². The van der Waals surface area contributed by atoms with Gasteiger partial charge in [0.1, 0.15) is 0 Å². The summed E-state index contributed by atoms with van der Waals surface area (Å²) >= 11 is 4.03. The highest BCUT2D eigenvalue weighted by atomic mass is 32.1. The van der Waals surface area contributed by atoms with Crippen LogP contribution in [-0.2, 0) is 4.79 Å². The van der Waals surface area contributed by atoms with E-state index in [1.165, 1.54) is 0 Å². The summed E-state index contributed by atoms with van der Waals surface area (Å²) in [4.78, 5) is 13.1. The van der Waals surface area contributed by atoms with E-state index in [0.29, 0.717) is 5.70 Å². The van der Waals surface area contributed by atoms with Crippen LogP contribution >= 0.6 is 12.6 Å². The minimum Gasteiger partial charge on any atom is -0.398 e. The van der Waals surface area contributed by atoms with Crippen molar-refractivity contribution in [1.29, 1.82) is 0 Å². The van der Waals surface area contributed by atoms with Gasteiger partial charge in [-0.05, 0) is 35.1 Å². The van der Waals surface area contributed by atoms with Crippen LogP contribution in [-0.4, -0.2) is 16.8 Å². The van der Waals surface area contributed by atoms with Gasteiger partial charge >= 0.3 is 0 Å². The van der Waals surface area contributed by atoms with Gasteiger partial charge in [0.25, 0.3) is 0 Å². The van der Waals surface area contributed by atoms with E-state index in [1.54, 1.807) is 17.2 Å². The molecule has 2 aliphatic rings. The topological polar surface area (TPSA) is 46.3 Å². The molecule has 4 heteroatoms. The first kappa shape index (κ1) is 11.1. The molecule has 2 N–H and O–H groups in total. The summed E-state index contributed by atoms with van der Waals surface area (Å²) in [6, 6.07) is 0.147. The predicted octanol–water partition coefficient (Wildman–Crippen LogP) is 1.72. The first-order chi connectivity index (χ1) is 7.63. The molecule has 3 nitrogen and oxygen atoms in total. The smallest absolute Gasteiger partial charge is 0.223 e. The molecule has 2 rings (SSSR count).